The van der Waals surface area contributed by atoms with Crippen molar-refractivity contribution in [2.24, 2.45) is 0 Å². The molecule has 4 nitrogen and oxygen atoms in total. The van der Waals surface area contributed by atoms with Gasteiger partial charge in [0.05, 0.1) is 10.0 Å². The minimum Gasteiger partial charge on any atom is -0.352 e. The second kappa shape index (κ2) is 12.0. The summed E-state index contributed by atoms with van der Waals surface area (Å²) in [6.07, 6.45) is 2.32. The summed E-state index contributed by atoms with van der Waals surface area (Å²) in [7, 11) is 0. The Hall–Kier alpha value is -2.04. The highest BCUT2D eigenvalue weighted by Crippen LogP contribution is 2.24. The minimum atomic E-state index is -0.545. The van der Waals surface area contributed by atoms with Crippen LogP contribution in [0.1, 0.15) is 51.2 Å². The molecule has 2 aromatic carbocycles. The van der Waals surface area contributed by atoms with Gasteiger partial charge in [0.2, 0.25) is 11.8 Å². The average Bonchev–Trinajstić information content (AvgIpc) is 2.75. The van der Waals surface area contributed by atoms with Gasteiger partial charge in [0, 0.05) is 19.0 Å². The van der Waals surface area contributed by atoms with Gasteiger partial charge in [0.15, 0.2) is 0 Å². The zero-order chi connectivity index (χ0) is 22.1. The third-order valence-corrected chi connectivity index (χ3v) is 5.93. The van der Waals surface area contributed by atoms with Gasteiger partial charge in [-0.05, 0) is 49.4 Å². The summed E-state index contributed by atoms with van der Waals surface area (Å²) >= 11 is 12.2. The van der Waals surface area contributed by atoms with Crippen molar-refractivity contribution >= 4 is 35.0 Å². The lowest BCUT2D eigenvalue weighted by molar-refractivity contribution is -0.141. The summed E-state index contributed by atoms with van der Waals surface area (Å²) in [4.78, 5) is 27.8. The van der Waals surface area contributed by atoms with Crippen molar-refractivity contribution in [2.75, 3.05) is 0 Å². The van der Waals surface area contributed by atoms with Gasteiger partial charge in [-0.1, -0.05) is 73.4 Å². The molecular formula is C24H30Cl2N2O2. The number of hydrogen-bond acceptors (Lipinski definition) is 2. The quantitative estimate of drug-likeness (QED) is 0.510. The van der Waals surface area contributed by atoms with Gasteiger partial charge in [-0.2, -0.15) is 0 Å². The molecule has 2 atom stereocenters. The molecule has 2 rings (SSSR count). The molecule has 0 aliphatic carbocycles. The molecule has 0 aliphatic rings. The fraction of sp³-hybridized carbons (Fsp3) is 0.417. The Morgan fingerprint density at radius 2 is 1.67 bits per heavy atom. The molecule has 0 heterocycles. The van der Waals surface area contributed by atoms with E-state index in [4.69, 9.17) is 23.2 Å². The highest BCUT2D eigenvalue weighted by Gasteiger charge is 2.29. The Morgan fingerprint density at radius 3 is 2.27 bits per heavy atom. The first-order chi connectivity index (χ1) is 14.3. The number of halogens is 2. The van der Waals surface area contributed by atoms with Crippen LogP contribution < -0.4 is 5.32 Å². The predicted octanol–water partition coefficient (Wildman–Crippen LogP) is 5.65. The zero-order valence-electron chi connectivity index (χ0n) is 17.8. The number of carbonyl (C=O) groups excluding carboxylic acids is 2. The van der Waals surface area contributed by atoms with Gasteiger partial charge in [-0.15, -0.1) is 0 Å². The molecule has 0 fully saturated rings. The van der Waals surface area contributed by atoms with Crippen molar-refractivity contribution < 1.29 is 9.59 Å². The molecule has 0 saturated heterocycles. The first kappa shape index (κ1) is 24.2. The van der Waals surface area contributed by atoms with Crippen LogP contribution in [-0.4, -0.2) is 28.8 Å². The van der Waals surface area contributed by atoms with Gasteiger partial charge in [-0.25, -0.2) is 0 Å². The molecule has 1 N–H and O–H groups in total. The second-order valence-electron chi connectivity index (χ2n) is 7.50. The van der Waals surface area contributed by atoms with E-state index in [0.717, 1.165) is 17.5 Å². The Kier molecular flexibility index (Phi) is 9.67. The van der Waals surface area contributed by atoms with Crippen molar-refractivity contribution in [3.8, 4) is 0 Å². The van der Waals surface area contributed by atoms with E-state index in [9.17, 15) is 9.59 Å². The van der Waals surface area contributed by atoms with Crippen LogP contribution in [0.5, 0.6) is 0 Å². The monoisotopic (exact) mass is 448 g/mol. The van der Waals surface area contributed by atoms with E-state index in [-0.39, 0.29) is 17.9 Å². The standard InChI is InChI=1S/C24H30Cl2N2O2/c1-4-17(3)27-24(30)22(5-2)28(16-19-11-13-20(25)21(26)15-19)23(29)14-12-18-9-7-6-8-10-18/h6-11,13,15,17,22H,4-5,12,14,16H2,1-3H3,(H,27,30). The lowest BCUT2D eigenvalue weighted by atomic mass is 10.1. The Balaban J connectivity index is 2.23. The summed E-state index contributed by atoms with van der Waals surface area (Å²) in [5.74, 6) is -0.184. The zero-order valence-corrected chi connectivity index (χ0v) is 19.3. The van der Waals surface area contributed by atoms with E-state index in [1.165, 1.54) is 0 Å². The van der Waals surface area contributed by atoms with Gasteiger partial charge in [0.1, 0.15) is 6.04 Å². The summed E-state index contributed by atoms with van der Waals surface area (Å²) in [6.45, 7) is 6.21. The SMILES string of the molecule is CCC(C)NC(=O)C(CC)N(Cc1ccc(Cl)c(Cl)c1)C(=O)CCc1ccccc1. The molecule has 0 aliphatic heterocycles. The first-order valence-corrected chi connectivity index (χ1v) is 11.2. The fourth-order valence-electron chi connectivity index (χ4n) is 3.23. The molecule has 0 saturated carbocycles. The van der Waals surface area contributed by atoms with E-state index >= 15 is 0 Å². The molecule has 0 spiro atoms. The predicted molar refractivity (Wildman–Crippen MR) is 124 cm³/mol. The fourth-order valence-corrected chi connectivity index (χ4v) is 3.56. The number of nitrogens with zero attached hydrogens (tertiary/aromatic N) is 1. The molecule has 162 valence electrons. The number of benzene rings is 2. The normalized spacial score (nSPS) is 12.8. The van der Waals surface area contributed by atoms with Crippen LogP contribution in [0, 0.1) is 0 Å². The third kappa shape index (κ3) is 7.03. The topological polar surface area (TPSA) is 49.4 Å². The maximum atomic E-state index is 13.2. The second-order valence-corrected chi connectivity index (χ2v) is 8.31. The van der Waals surface area contributed by atoms with E-state index in [1.807, 2.05) is 57.2 Å². The van der Waals surface area contributed by atoms with Gasteiger partial charge in [0.25, 0.3) is 0 Å². The third-order valence-electron chi connectivity index (χ3n) is 5.19. The average molecular weight is 449 g/mol. The number of hydrogen-bond donors (Lipinski definition) is 1. The van der Waals surface area contributed by atoms with Crippen LogP contribution in [0.15, 0.2) is 48.5 Å². The molecule has 2 unspecified atom stereocenters. The lowest BCUT2D eigenvalue weighted by Crippen LogP contribution is -2.50. The number of rotatable bonds is 10. The number of carbonyl (C=O) groups is 2. The number of nitrogens with one attached hydrogen (secondary N) is 1. The van der Waals surface area contributed by atoms with Gasteiger partial charge >= 0.3 is 0 Å². The molecule has 0 bridgehead atoms. The molecule has 0 radical (unpaired) electrons. The number of amides is 2. The lowest BCUT2D eigenvalue weighted by Gasteiger charge is -2.31. The number of aryl methyl sites for hydroxylation is 1. The Bertz CT molecular complexity index is 842. The largest absolute Gasteiger partial charge is 0.352 e. The highest BCUT2D eigenvalue weighted by atomic mass is 35.5. The Labute approximate surface area is 189 Å². The van der Waals surface area contributed by atoms with E-state index < -0.39 is 6.04 Å². The maximum Gasteiger partial charge on any atom is 0.243 e. The van der Waals surface area contributed by atoms with Crippen LogP contribution in [0.25, 0.3) is 0 Å². The van der Waals surface area contributed by atoms with Crippen LogP contribution in [-0.2, 0) is 22.6 Å². The Morgan fingerprint density at radius 1 is 0.967 bits per heavy atom. The molecule has 6 heteroatoms. The van der Waals surface area contributed by atoms with E-state index in [2.05, 4.69) is 5.32 Å². The van der Waals surface area contributed by atoms with Crippen molar-refractivity contribution in [3.63, 3.8) is 0 Å². The van der Waals surface area contributed by atoms with Crippen LogP contribution in [0.2, 0.25) is 10.0 Å². The molecule has 30 heavy (non-hydrogen) atoms. The maximum absolute atomic E-state index is 13.2. The summed E-state index contributed by atoms with van der Waals surface area (Å²) in [5.41, 5.74) is 1.93. The minimum absolute atomic E-state index is 0.0535. The van der Waals surface area contributed by atoms with E-state index in [1.54, 1.807) is 17.0 Å². The highest BCUT2D eigenvalue weighted by molar-refractivity contribution is 6.42. The molecule has 0 aromatic heterocycles. The van der Waals surface area contributed by atoms with Crippen molar-refractivity contribution in [1.82, 2.24) is 10.2 Å². The van der Waals surface area contributed by atoms with Crippen molar-refractivity contribution in [1.29, 1.82) is 0 Å². The molecule has 2 aromatic rings. The van der Waals surface area contributed by atoms with Crippen LogP contribution in [0.3, 0.4) is 0 Å². The van der Waals surface area contributed by atoms with Crippen LogP contribution >= 0.6 is 23.2 Å². The van der Waals surface area contributed by atoms with Gasteiger partial charge < -0.3 is 10.2 Å². The summed E-state index contributed by atoms with van der Waals surface area (Å²) < 4.78 is 0. The van der Waals surface area contributed by atoms with E-state index in [0.29, 0.717) is 35.9 Å². The summed E-state index contributed by atoms with van der Waals surface area (Å²) in [6, 6.07) is 14.7. The van der Waals surface area contributed by atoms with Crippen molar-refractivity contribution in [2.45, 2.75) is 65.1 Å². The van der Waals surface area contributed by atoms with Crippen LogP contribution in [0.4, 0.5) is 0 Å². The summed E-state index contributed by atoms with van der Waals surface area (Å²) in [5, 5.41) is 3.91. The molecular weight excluding hydrogens is 419 g/mol. The smallest absolute Gasteiger partial charge is 0.243 e. The van der Waals surface area contributed by atoms with Gasteiger partial charge in [-0.3, -0.25) is 9.59 Å². The molecule has 2 amide bonds. The van der Waals surface area contributed by atoms with Crippen molar-refractivity contribution in [3.05, 3.63) is 69.7 Å². The first-order valence-electron chi connectivity index (χ1n) is 10.4.